The van der Waals surface area contributed by atoms with Crippen LogP contribution in [0.15, 0.2) is 24.4 Å². The van der Waals surface area contributed by atoms with E-state index in [1.54, 1.807) is 20.4 Å². The van der Waals surface area contributed by atoms with Crippen LogP contribution in [0.2, 0.25) is 0 Å². The maximum absolute atomic E-state index is 5.91. The number of hydrogen-bond donors (Lipinski definition) is 1. The Morgan fingerprint density at radius 2 is 1.82 bits per heavy atom. The van der Waals surface area contributed by atoms with E-state index in [-0.39, 0.29) is 6.04 Å². The zero-order valence-corrected chi connectivity index (χ0v) is 10.2. The molecule has 4 heteroatoms. The number of pyridine rings is 1. The van der Waals surface area contributed by atoms with Gasteiger partial charge in [0.2, 0.25) is 0 Å². The number of methoxy groups -OCH3 is 2. The van der Waals surface area contributed by atoms with Crippen LogP contribution in [-0.2, 0) is 0 Å². The molecule has 1 heterocycles. The highest BCUT2D eigenvalue weighted by Crippen LogP contribution is 2.33. The molecule has 0 saturated carbocycles. The van der Waals surface area contributed by atoms with E-state index < -0.39 is 0 Å². The molecule has 90 valence electrons. The maximum atomic E-state index is 5.91. The van der Waals surface area contributed by atoms with Crippen molar-refractivity contribution >= 4 is 10.8 Å². The second kappa shape index (κ2) is 4.59. The van der Waals surface area contributed by atoms with Crippen molar-refractivity contribution in [2.45, 2.75) is 13.0 Å². The predicted molar refractivity (Wildman–Crippen MR) is 67.4 cm³/mol. The molecule has 0 amide bonds. The average molecular weight is 232 g/mol. The second-order valence-corrected chi connectivity index (χ2v) is 3.91. The molecule has 4 nitrogen and oxygen atoms in total. The van der Waals surface area contributed by atoms with Gasteiger partial charge >= 0.3 is 0 Å². The van der Waals surface area contributed by atoms with Crippen molar-refractivity contribution < 1.29 is 9.47 Å². The molecule has 1 unspecified atom stereocenters. The number of ether oxygens (including phenoxy) is 2. The third-order valence-corrected chi connectivity index (χ3v) is 2.73. The lowest BCUT2D eigenvalue weighted by molar-refractivity contribution is 0.356. The van der Waals surface area contributed by atoms with Gasteiger partial charge in [-0.2, -0.15) is 0 Å². The largest absolute Gasteiger partial charge is 0.493 e. The zero-order chi connectivity index (χ0) is 12.4. The highest BCUT2D eigenvalue weighted by molar-refractivity contribution is 5.88. The lowest BCUT2D eigenvalue weighted by atomic mass is 10.1. The molecule has 1 aromatic heterocycles. The van der Waals surface area contributed by atoms with E-state index in [0.717, 1.165) is 16.5 Å². The van der Waals surface area contributed by atoms with Crippen molar-refractivity contribution in [1.29, 1.82) is 0 Å². The van der Waals surface area contributed by atoms with Crippen molar-refractivity contribution in [3.8, 4) is 11.5 Å². The van der Waals surface area contributed by atoms with Crippen LogP contribution >= 0.6 is 0 Å². The number of rotatable bonds is 3. The van der Waals surface area contributed by atoms with Crippen LogP contribution in [0.3, 0.4) is 0 Å². The number of aromatic nitrogens is 1. The number of nitrogens with two attached hydrogens (primary N) is 1. The molecular weight excluding hydrogens is 216 g/mol. The Bertz CT molecular complexity index is 538. The van der Waals surface area contributed by atoms with Crippen LogP contribution in [0.4, 0.5) is 0 Å². The molecule has 0 saturated heterocycles. The molecule has 0 bridgehead atoms. The molecule has 2 N–H and O–H groups in total. The van der Waals surface area contributed by atoms with Gasteiger partial charge in [-0.25, -0.2) is 0 Å². The summed E-state index contributed by atoms with van der Waals surface area (Å²) in [6.45, 7) is 1.92. The molecule has 0 spiro atoms. The molecule has 1 aromatic carbocycles. The Morgan fingerprint density at radius 3 is 2.41 bits per heavy atom. The van der Waals surface area contributed by atoms with Crippen molar-refractivity contribution in [2.75, 3.05) is 14.2 Å². The van der Waals surface area contributed by atoms with Crippen molar-refractivity contribution in [1.82, 2.24) is 4.98 Å². The average Bonchev–Trinajstić information content (AvgIpc) is 2.35. The fraction of sp³-hybridized carbons (Fsp3) is 0.308. The lowest BCUT2D eigenvalue weighted by Crippen LogP contribution is -2.07. The van der Waals surface area contributed by atoms with Crippen LogP contribution in [0.1, 0.15) is 18.7 Å². The summed E-state index contributed by atoms with van der Waals surface area (Å²) in [5.74, 6) is 1.40. The smallest absolute Gasteiger partial charge is 0.161 e. The van der Waals surface area contributed by atoms with Gasteiger partial charge in [0.1, 0.15) is 0 Å². The Morgan fingerprint density at radius 1 is 1.18 bits per heavy atom. The van der Waals surface area contributed by atoms with Crippen molar-refractivity contribution in [3.05, 3.63) is 30.1 Å². The van der Waals surface area contributed by atoms with Gasteiger partial charge in [-0.1, -0.05) is 0 Å². The van der Waals surface area contributed by atoms with E-state index in [4.69, 9.17) is 15.2 Å². The summed E-state index contributed by atoms with van der Waals surface area (Å²) in [4.78, 5) is 4.32. The topological polar surface area (TPSA) is 57.4 Å². The predicted octanol–water partition coefficient (Wildman–Crippen LogP) is 2.27. The van der Waals surface area contributed by atoms with E-state index in [0.29, 0.717) is 11.5 Å². The number of nitrogens with zero attached hydrogens (tertiary/aromatic N) is 1. The maximum Gasteiger partial charge on any atom is 0.161 e. The van der Waals surface area contributed by atoms with Gasteiger partial charge in [-0.3, -0.25) is 4.98 Å². The Balaban J connectivity index is 2.73. The molecule has 1 atom stereocenters. The first-order chi connectivity index (χ1) is 8.17. The van der Waals surface area contributed by atoms with Crippen LogP contribution in [0, 0.1) is 0 Å². The highest BCUT2D eigenvalue weighted by atomic mass is 16.5. The number of hydrogen-bond acceptors (Lipinski definition) is 4. The molecule has 0 aliphatic carbocycles. The monoisotopic (exact) mass is 232 g/mol. The van der Waals surface area contributed by atoms with Gasteiger partial charge in [-0.05, 0) is 30.5 Å². The van der Waals surface area contributed by atoms with Gasteiger partial charge in [-0.15, -0.1) is 0 Å². The third kappa shape index (κ3) is 2.03. The lowest BCUT2D eigenvalue weighted by Gasteiger charge is -2.12. The summed E-state index contributed by atoms with van der Waals surface area (Å²) in [5.41, 5.74) is 6.77. The normalized spacial score (nSPS) is 12.5. The van der Waals surface area contributed by atoms with E-state index in [1.807, 2.05) is 25.1 Å². The fourth-order valence-electron chi connectivity index (χ4n) is 1.88. The summed E-state index contributed by atoms with van der Waals surface area (Å²) in [7, 11) is 3.24. The molecule has 2 rings (SSSR count). The molecule has 0 aliphatic rings. The minimum Gasteiger partial charge on any atom is -0.493 e. The van der Waals surface area contributed by atoms with Gasteiger partial charge in [0.05, 0.1) is 19.9 Å². The van der Waals surface area contributed by atoms with Crippen molar-refractivity contribution in [2.24, 2.45) is 5.73 Å². The first-order valence-corrected chi connectivity index (χ1v) is 5.43. The van der Waals surface area contributed by atoms with E-state index in [1.165, 1.54) is 0 Å². The molecular formula is C13H16N2O2. The van der Waals surface area contributed by atoms with Gasteiger partial charge in [0.15, 0.2) is 11.5 Å². The number of fused-ring (bicyclic) bond motifs is 1. The van der Waals surface area contributed by atoms with Crippen LogP contribution < -0.4 is 15.2 Å². The summed E-state index contributed by atoms with van der Waals surface area (Å²) in [6.07, 6.45) is 1.76. The van der Waals surface area contributed by atoms with Crippen molar-refractivity contribution in [3.63, 3.8) is 0 Å². The van der Waals surface area contributed by atoms with Crippen LogP contribution in [0.5, 0.6) is 11.5 Å². The summed E-state index contributed by atoms with van der Waals surface area (Å²) in [5, 5.41) is 2.05. The summed E-state index contributed by atoms with van der Waals surface area (Å²) >= 11 is 0. The minimum absolute atomic E-state index is 0.114. The zero-order valence-electron chi connectivity index (χ0n) is 10.2. The first kappa shape index (κ1) is 11.7. The first-order valence-electron chi connectivity index (χ1n) is 5.43. The van der Waals surface area contributed by atoms with Crippen LogP contribution in [0.25, 0.3) is 10.8 Å². The highest BCUT2D eigenvalue weighted by Gasteiger charge is 2.11. The Labute approximate surface area is 100 Å². The van der Waals surface area contributed by atoms with Gasteiger partial charge in [0.25, 0.3) is 0 Å². The minimum atomic E-state index is -0.114. The van der Waals surface area contributed by atoms with Crippen LogP contribution in [-0.4, -0.2) is 19.2 Å². The fourth-order valence-corrected chi connectivity index (χ4v) is 1.88. The summed E-state index contributed by atoms with van der Waals surface area (Å²) < 4.78 is 10.6. The second-order valence-electron chi connectivity index (χ2n) is 3.91. The van der Waals surface area contributed by atoms with E-state index >= 15 is 0 Å². The molecule has 2 aromatic rings. The molecule has 0 radical (unpaired) electrons. The Kier molecular flexibility index (Phi) is 3.15. The molecule has 0 fully saturated rings. The standard InChI is InChI=1S/C13H16N2O2/c1-8(14)13-10-7-12(17-3)11(16-2)6-9(10)4-5-15-13/h4-8H,14H2,1-3H3. The molecule has 17 heavy (non-hydrogen) atoms. The van der Waals surface area contributed by atoms with Gasteiger partial charge in [0, 0.05) is 17.6 Å². The molecule has 0 aliphatic heterocycles. The number of benzene rings is 1. The SMILES string of the molecule is COc1cc2ccnc(C(C)N)c2cc1OC. The summed E-state index contributed by atoms with van der Waals surface area (Å²) in [6, 6.07) is 5.67. The Hall–Kier alpha value is -1.81. The van der Waals surface area contributed by atoms with Gasteiger partial charge < -0.3 is 15.2 Å². The van der Waals surface area contributed by atoms with E-state index in [9.17, 15) is 0 Å². The quantitative estimate of drug-likeness (QED) is 0.882. The third-order valence-electron chi connectivity index (χ3n) is 2.73. The van der Waals surface area contributed by atoms with E-state index in [2.05, 4.69) is 4.98 Å².